The number of hydrogen-bond donors (Lipinski definition) is 0. The number of amides is 1. The van der Waals surface area contributed by atoms with Crippen LogP contribution in [0.4, 0.5) is 0 Å². The molecule has 0 bridgehead atoms. The third kappa shape index (κ3) is 2.94. The van der Waals surface area contributed by atoms with Crippen molar-refractivity contribution in [1.29, 1.82) is 0 Å². The molecule has 1 fully saturated rings. The van der Waals surface area contributed by atoms with Crippen LogP contribution in [-0.4, -0.2) is 26.2 Å². The summed E-state index contributed by atoms with van der Waals surface area (Å²) in [6.07, 6.45) is 1.96. The van der Waals surface area contributed by atoms with E-state index in [0.717, 1.165) is 22.6 Å². The molecule has 1 amide bonds. The van der Waals surface area contributed by atoms with Gasteiger partial charge in [-0.25, -0.2) is 0 Å². The van der Waals surface area contributed by atoms with Crippen molar-refractivity contribution < 1.29 is 4.79 Å². The van der Waals surface area contributed by atoms with Crippen molar-refractivity contribution in [3.05, 3.63) is 57.8 Å². The van der Waals surface area contributed by atoms with Gasteiger partial charge < -0.3 is 4.57 Å². The van der Waals surface area contributed by atoms with Gasteiger partial charge in [0.25, 0.3) is 5.91 Å². The molecule has 0 radical (unpaired) electrons. The minimum absolute atomic E-state index is 0.00707. The number of thioether (sulfide) groups is 1. The standard InChI is InChI=1S/C19H20N2OS2/c1-5-20-18(22)17(24-19(20)23)11-15-10-13(3)21(14(15)4)16-8-6-12(2)7-9-16/h6-11H,5H2,1-4H3/b17-11-. The van der Waals surface area contributed by atoms with Crippen molar-refractivity contribution in [3.63, 3.8) is 0 Å². The molecule has 3 rings (SSSR count). The summed E-state index contributed by atoms with van der Waals surface area (Å²) < 4.78 is 2.85. The van der Waals surface area contributed by atoms with Crippen LogP contribution in [0.5, 0.6) is 0 Å². The monoisotopic (exact) mass is 356 g/mol. The highest BCUT2D eigenvalue weighted by molar-refractivity contribution is 8.26. The molecule has 1 saturated heterocycles. The van der Waals surface area contributed by atoms with Crippen molar-refractivity contribution in [2.75, 3.05) is 6.54 Å². The topological polar surface area (TPSA) is 25.2 Å². The van der Waals surface area contributed by atoms with Crippen LogP contribution in [0.2, 0.25) is 0 Å². The molecule has 3 nitrogen and oxygen atoms in total. The number of aromatic nitrogens is 1. The Morgan fingerprint density at radius 3 is 2.42 bits per heavy atom. The Hall–Kier alpha value is -1.85. The van der Waals surface area contributed by atoms with Crippen molar-refractivity contribution in [2.45, 2.75) is 27.7 Å². The summed E-state index contributed by atoms with van der Waals surface area (Å²) in [5.74, 6) is 0.00707. The van der Waals surface area contributed by atoms with E-state index in [2.05, 4.69) is 55.7 Å². The summed E-state index contributed by atoms with van der Waals surface area (Å²) in [6, 6.07) is 10.6. The lowest BCUT2D eigenvalue weighted by Gasteiger charge is -2.10. The van der Waals surface area contributed by atoms with Crippen LogP contribution in [0.1, 0.15) is 29.4 Å². The number of hydrogen-bond acceptors (Lipinski definition) is 3. The molecule has 1 aromatic carbocycles. The van der Waals surface area contributed by atoms with E-state index in [1.54, 1.807) is 4.90 Å². The van der Waals surface area contributed by atoms with Crippen molar-refractivity contribution in [3.8, 4) is 5.69 Å². The van der Waals surface area contributed by atoms with Gasteiger partial charge in [0.1, 0.15) is 4.32 Å². The van der Waals surface area contributed by atoms with E-state index in [-0.39, 0.29) is 5.91 Å². The largest absolute Gasteiger partial charge is 0.318 e. The minimum Gasteiger partial charge on any atom is -0.318 e. The van der Waals surface area contributed by atoms with Crippen LogP contribution in [0.25, 0.3) is 11.8 Å². The summed E-state index contributed by atoms with van der Waals surface area (Å²) in [4.78, 5) is 14.7. The van der Waals surface area contributed by atoms with Gasteiger partial charge >= 0.3 is 0 Å². The van der Waals surface area contributed by atoms with Crippen LogP contribution >= 0.6 is 24.0 Å². The number of carbonyl (C=O) groups is 1. The molecule has 1 aromatic heterocycles. The molecule has 124 valence electrons. The first-order chi connectivity index (χ1) is 11.4. The van der Waals surface area contributed by atoms with Crippen molar-refractivity contribution >= 4 is 40.3 Å². The van der Waals surface area contributed by atoms with E-state index in [1.807, 2.05) is 13.0 Å². The van der Waals surface area contributed by atoms with Crippen LogP contribution in [0, 0.1) is 20.8 Å². The van der Waals surface area contributed by atoms with E-state index >= 15 is 0 Å². The molecule has 5 heteroatoms. The fourth-order valence-corrected chi connectivity index (χ4v) is 4.31. The molecule has 24 heavy (non-hydrogen) atoms. The lowest BCUT2D eigenvalue weighted by molar-refractivity contribution is -0.121. The van der Waals surface area contributed by atoms with Crippen molar-refractivity contribution in [2.24, 2.45) is 0 Å². The summed E-state index contributed by atoms with van der Waals surface area (Å²) in [5.41, 5.74) is 5.71. The maximum Gasteiger partial charge on any atom is 0.266 e. The number of thiocarbonyl (C=S) groups is 1. The lowest BCUT2D eigenvalue weighted by atomic mass is 10.2. The second-order valence-electron chi connectivity index (χ2n) is 5.92. The van der Waals surface area contributed by atoms with Gasteiger partial charge in [0.05, 0.1) is 4.91 Å². The molecule has 0 atom stereocenters. The molecular weight excluding hydrogens is 336 g/mol. The van der Waals surface area contributed by atoms with Gasteiger partial charge in [-0.1, -0.05) is 41.7 Å². The zero-order valence-electron chi connectivity index (χ0n) is 14.3. The van der Waals surface area contributed by atoms with E-state index < -0.39 is 0 Å². The van der Waals surface area contributed by atoms with Crippen LogP contribution < -0.4 is 0 Å². The fourth-order valence-electron chi connectivity index (χ4n) is 2.94. The first-order valence-corrected chi connectivity index (χ1v) is 9.16. The second-order valence-corrected chi connectivity index (χ2v) is 7.60. The van der Waals surface area contributed by atoms with Crippen molar-refractivity contribution in [1.82, 2.24) is 9.47 Å². The van der Waals surface area contributed by atoms with E-state index in [4.69, 9.17) is 12.2 Å². The minimum atomic E-state index is 0.00707. The lowest BCUT2D eigenvalue weighted by Crippen LogP contribution is -2.27. The summed E-state index contributed by atoms with van der Waals surface area (Å²) >= 11 is 6.67. The second kappa shape index (κ2) is 6.57. The third-order valence-electron chi connectivity index (χ3n) is 4.24. The quantitative estimate of drug-likeness (QED) is 0.592. The predicted octanol–water partition coefficient (Wildman–Crippen LogP) is 4.62. The molecule has 0 aliphatic carbocycles. The molecule has 0 N–H and O–H groups in total. The molecule has 0 spiro atoms. The first kappa shape index (κ1) is 17.0. The van der Waals surface area contributed by atoms with Gasteiger partial charge in [0.15, 0.2) is 0 Å². The molecule has 1 aliphatic rings. The number of benzene rings is 1. The summed E-state index contributed by atoms with van der Waals surface area (Å²) in [7, 11) is 0. The summed E-state index contributed by atoms with van der Waals surface area (Å²) in [6.45, 7) is 8.81. The number of aryl methyl sites for hydroxylation is 2. The van der Waals surface area contributed by atoms with Crippen LogP contribution in [-0.2, 0) is 4.79 Å². The maximum atomic E-state index is 12.4. The average molecular weight is 357 g/mol. The summed E-state index contributed by atoms with van der Waals surface area (Å²) in [5, 5.41) is 0. The van der Waals surface area contributed by atoms with Crippen LogP contribution in [0.3, 0.4) is 0 Å². The number of nitrogens with zero attached hydrogens (tertiary/aromatic N) is 2. The molecule has 2 aromatic rings. The van der Waals surface area contributed by atoms with Gasteiger partial charge in [-0.3, -0.25) is 9.69 Å². The van der Waals surface area contributed by atoms with Gasteiger partial charge in [-0.2, -0.15) is 0 Å². The molecule has 2 heterocycles. The Kier molecular flexibility index (Phi) is 4.65. The number of likely N-dealkylation sites (N-methyl/N-ethyl adjacent to an activating group) is 1. The molecule has 0 saturated carbocycles. The maximum absolute atomic E-state index is 12.4. The number of carbonyl (C=O) groups excluding carboxylic acids is 1. The van der Waals surface area contributed by atoms with Gasteiger partial charge in [0, 0.05) is 23.6 Å². The SMILES string of the molecule is CCN1C(=O)/C(=C/c2cc(C)n(-c3ccc(C)cc3)c2C)SC1=S. The number of rotatable bonds is 3. The Balaban J connectivity index is 2.01. The third-order valence-corrected chi connectivity index (χ3v) is 5.62. The molecule has 0 unspecified atom stereocenters. The highest BCUT2D eigenvalue weighted by Crippen LogP contribution is 2.33. The van der Waals surface area contributed by atoms with Gasteiger partial charge in [0.2, 0.25) is 0 Å². The zero-order chi connectivity index (χ0) is 17.4. The Morgan fingerprint density at radius 1 is 1.17 bits per heavy atom. The predicted molar refractivity (Wildman–Crippen MR) is 106 cm³/mol. The Labute approximate surface area is 152 Å². The highest BCUT2D eigenvalue weighted by Gasteiger charge is 2.30. The molecule has 1 aliphatic heterocycles. The normalized spacial score (nSPS) is 16.5. The molecular formula is C19H20N2OS2. The van der Waals surface area contributed by atoms with E-state index in [0.29, 0.717) is 15.8 Å². The van der Waals surface area contributed by atoms with Crippen LogP contribution in [0.15, 0.2) is 35.2 Å². The average Bonchev–Trinajstić information content (AvgIpc) is 2.97. The van der Waals surface area contributed by atoms with Gasteiger partial charge in [-0.05, 0) is 57.5 Å². The highest BCUT2D eigenvalue weighted by atomic mass is 32.2. The fraction of sp³-hybridized carbons (Fsp3) is 0.263. The smallest absolute Gasteiger partial charge is 0.266 e. The first-order valence-electron chi connectivity index (χ1n) is 7.93. The Morgan fingerprint density at radius 2 is 1.83 bits per heavy atom. The van der Waals surface area contributed by atoms with E-state index in [1.165, 1.54) is 17.3 Å². The van der Waals surface area contributed by atoms with Gasteiger partial charge in [-0.15, -0.1) is 0 Å². The zero-order valence-corrected chi connectivity index (χ0v) is 15.9. The van der Waals surface area contributed by atoms with E-state index in [9.17, 15) is 4.79 Å². The Bertz CT molecular complexity index is 847.